The van der Waals surface area contributed by atoms with Crippen molar-refractivity contribution < 1.29 is 29.8 Å². The first-order valence-electron chi connectivity index (χ1n) is 10.0. The molecule has 0 N–H and O–H groups in total. The Labute approximate surface area is 208 Å². The minimum absolute atomic E-state index is 0. The topological polar surface area (TPSA) is 38.7 Å². The average Bonchev–Trinajstić information content (AvgIpc) is 3.24. The number of nitrogens with zero attached hydrogens (tertiary/aromatic N) is 3. The number of fused-ring (bicyclic) bond motifs is 1. The molecule has 0 aliphatic carbocycles. The molecule has 0 fully saturated rings. The molecule has 7 heteroatoms. The zero-order valence-corrected chi connectivity index (χ0v) is 20.8. The van der Waals surface area contributed by atoms with Crippen LogP contribution in [0.15, 0.2) is 66.7 Å². The van der Waals surface area contributed by atoms with Gasteiger partial charge in [-0.25, -0.2) is 20.1 Å². The minimum atomic E-state index is -0.937. The van der Waals surface area contributed by atoms with Crippen molar-refractivity contribution in [2.24, 2.45) is 0 Å². The van der Waals surface area contributed by atoms with E-state index in [1.165, 1.54) is 0 Å². The van der Waals surface area contributed by atoms with Crippen LogP contribution >= 0.6 is 11.3 Å². The fourth-order valence-electron chi connectivity index (χ4n) is 3.55. The monoisotopic (exact) mass is 636 g/mol. The summed E-state index contributed by atoms with van der Waals surface area (Å²) in [5.74, 6) is -1.85. The molecule has 33 heavy (non-hydrogen) atoms. The number of hydrogen-bond acceptors (Lipinski definition) is 4. The van der Waals surface area contributed by atoms with Crippen LogP contribution in [0, 0.1) is 24.0 Å². The molecule has 0 atom stereocenters. The van der Waals surface area contributed by atoms with Crippen LogP contribution in [0.5, 0.6) is 0 Å². The minimum Gasteiger partial charge on any atom is -0.300 e. The maximum Gasteiger partial charge on any atom is 2.00 e. The molecule has 3 nitrogen and oxygen atoms in total. The molecule has 0 saturated heterocycles. The Morgan fingerprint density at radius 1 is 0.818 bits per heavy atom. The number of aromatic nitrogens is 3. The summed E-state index contributed by atoms with van der Waals surface area (Å²) in [6, 6.07) is 26.4. The number of rotatable bonds is 4. The quantitative estimate of drug-likeness (QED) is 0.165. The number of pyridine rings is 3. The Morgan fingerprint density at radius 2 is 1.48 bits per heavy atom. The van der Waals surface area contributed by atoms with Crippen molar-refractivity contribution >= 4 is 21.4 Å². The Kier molecular flexibility index (Phi) is 6.51. The molecule has 0 aliphatic heterocycles. The molecule has 1 aromatic carbocycles. The summed E-state index contributed by atoms with van der Waals surface area (Å²) in [5, 5.41) is 1.07. The summed E-state index contributed by atoms with van der Waals surface area (Å²) in [6.45, 7) is 4.03. The summed E-state index contributed by atoms with van der Waals surface area (Å²) in [4.78, 5) is 13.8. The molecule has 5 aromatic rings. The van der Waals surface area contributed by atoms with Crippen LogP contribution in [0.3, 0.4) is 0 Å². The summed E-state index contributed by atoms with van der Waals surface area (Å²) < 4.78 is 28.5. The van der Waals surface area contributed by atoms with Gasteiger partial charge in [0.25, 0.3) is 0 Å². The third-order valence-electron chi connectivity index (χ3n) is 5.36. The molecule has 4 heterocycles. The second-order valence-corrected chi connectivity index (χ2v) is 8.93. The molecule has 0 aliphatic rings. The van der Waals surface area contributed by atoms with E-state index in [0.29, 0.717) is 11.4 Å². The summed E-state index contributed by atoms with van der Waals surface area (Å²) in [7, 11) is 0. The van der Waals surface area contributed by atoms with Gasteiger partial charge in [-0.1, -0.05) is 48.0 Å². The van der Waals surface area contributed by atoms with Gasteiger partial charge in [-0.15, -0.1) is 29.7 Å². The standard InChI is InChI=1S/C26H17F2N3S.Pt/c1-26(2,22-11-5-8-18(29-22)17-13-14-24(27)31-25(17)28)23-12-6-9-19(30-23)21-15-16-7-3-4-10-20(16)32-21;/h3-12,14H,1-2H3;/q-2;+2. The van der Waals surface area contributed by atoms with Crippen molar-refractivity contribution in [3.05, 3.63) is 102 Å². The summed E-state index contributed by atoms with van der Waals surface area (Å²) in [5.41, 5.74) is 2.19. The van der Waals surface area contributed by atoms with Gasteiger partial charge < -0.3 is 4.98 Å². The van der Waals surface area contributed by atoms with Gasteiger partial charge in [-0.3, -0.25) is 9.97 Å². The van der Waals surface area contributed by atoms with Crippen molar-refractivity contribution in [1.82, 2.24) is 15.0 Å². The first-order chi connectivity index (χ1) is 15.4. The molecule has 5 rings (SSSR count). The SMILES string of the molecule is CC(C)(c1cccc(-c2[c-]c3ccccc3s2)n1)c1cccc(-c2[c-]cc(F)nc2F)n1.[Pt+2]. The molecule has 4 aromatic heterocycles. The van der Waals surface area contributed by atoms with Crippen LogP contribution in [0.25, 0.3) is 31.9 Å². The van der Waals surface area contributed by atoms with Crippen molar-refractivity contribution in [1.29, 1.82) is 0 Å². The maximum absolute atomic E-state index is 14.2. The van der Waals surface area contributed by atoms with Crippen LogP contribution < -0.4 is 0 Å². The Morgan fingerprint density at radius 3 is 2.18 bits per heavy atom. The molecule has 0 radical (unpaired) electrons. The van der Waals surface area contributed by atoms with Gasteiger partial charge in [0, 0.05) is 22.5 Å². The van der Waals surface area contributed by atoms with Gasteiger partial charge in [-0.05, 0) is 41.3 Å². The fourth-order valence-corrected chi connectivity index (χ4v) is 4.52. The molecule has 0 saturated carbocycles. The van der Waals surface area contributed by atoms with Crippen LogP contribution in [0.1, 0.15) is 25.2 Å². The predicted molar refractivity (Wildman–Crippen MR) is 122 cm³/mol. The number of hydrogen-bond donors (Lipinski definition) is 0. The third-order valence-corrected chi connectivity index (χ3v) is 6.45. The smallest absolute Gasteiger partial charge is 0.300 e. The van der Waals surface area contributed by atoms with Gasteiger partial charge in [0.05, 0.1) is 0 Å². The van der Waals surface area contributed by atoms with Gasteiger partial charge in [0.1, 0.15) is 11.9 Å². The Bertz CT molecular complexity index is 1420. The Balaban J connectivity index is 0.00000259. The van der Waals surface area contributed by atoms with Crippen LogP contribution in [-0.4, -0.2) is 15.0 Å². The average molecular weight is 637 g/mol. The summed E-state index contributed by atoms with van der Waals surface area (Å²) >= 11 is 1.65. The van der Waals surface area contributed by atoms with E-state index in [4.69, 9.17) is 4.98 Å². The largest absolute Gasteiger partial charge is 2.00 e. The number of benzene rings is 1. The second kappa shape index (κ2) is 9.20. The molecular weight excluding hydrogens is 619 g/mol. The molecule has 0 bridgehead atoms. The van der Waals surface area contributed by atoms with E-state index in [-0.39, 0.29) is 26.6 Å². The van der Waals surface area contributed by atoms with Crippen molar-refractivity contribution in [2.45, 2.75) is 19.3 Å². The van der Waals surface area contributed by atoms with E-state index in [0.717, 1.165) is 32.4 Å². The van der Waals surface area contributed by atoms with E-state index in [9.17, 15) is 8.78 Å². The number of halogens is 2. The van der Waals surface area contributed by atoms with Crippen molar-refractivity contribution in [3.63, 3.8) is 0 Å². The van der Waals surface area contributed by atoms with Gasteiger partial charge in [0.2, 0.25) is 0 Å². The zero-order valence-electron chi connectivity index (χ0n) is 17.7. The normalized spacial score (nSPS) is 11.4. The van der Waals surface area contributed by atoms with Crippen LogP contribution in [0.4, 0.5) is 8.78 Å². The van der Waals surface area contributed by atoms with E-state index >= 15 is 0 Å². The van der Waals surface area contributed by atoms with Crippen molar-refractivity contribution in [2.75, 3.05) is 0 Å². The van der Waals surface area contributed by atoms with Crippen LogP contribution in [-0.2, 0) is 26.5 Å². The van der Waals surface area contributed by atoms with Crippen LogP contribution in [0.2, 0.25) is 0 Å². The maximum atomic E-state index is 14.2. The number of thiophene rings is 1. The van der Waals surface area contributed by atoms with E-state index in [1.807, 2.05) is 56.3 Å². The van der Waals surface area contributed by atoms with Crippen molar-refractivity contribution in [3.8, 4) is 21.8 Å². The van der Waals surface area contributed by atoms with E-state index < -0.39 is 17.3 Å². The summed E-state index contributed by atoms with van der Waals surface area (Å²) in [6.07, 6.45) is 0. The van der Waals surface area contributed by atoms with Gasteiger partial charge >= 0.3 is 21.1 Å². The zero-order chi connectivity index (χ0) is 22.3. The third kappa shape index (κ3) is 4.50. The predicted octanol–water partition coefficient (Wildman–Crippen LogP) is 6.62. The molecule has 166 valence electrons. The van der Waals surface area contributed by atoms with Gasteiger partial charge in [0.15, 0.2) is 0 Å². The first-order valence-corrected chi connectivity index (χ1v) is 10.8. The fraction of sp³-hybridized carbons (Fsp3) is 0.115. The molecule has 0 amide bonds. The van der Waals surface area contributed by atoms with E-state index in [2.05, 4.69) is 28.2 Å². The van der Waals surface area contributed by atoms with E-state index in [1.54, 1.807) is 23.5 Å². The first kappa shape index (κ1) is 23.3. The molecule has 0 unspecified atom stereocenters. The second-order valence-electron chi connectivity index (χ2n) is 7.88. The molecule has 0 spiro atoms. The molecular formula is C26H17F2N3PtS. The Hall–Kier alpha value is -2.82. The van der Waals surface area contributed by atoms with Gasteiger partial charge in [-0.2, -0.15) is 0 Å².